The molecule has 1 aromatic rings. The van der Waals surface area contributed by atoms with Crippen LogP contribution in [-0.2, 0) is 16.1 Å². The van der Waals surface area contributed by atoms with E-state index in [1.165, 1.54) is 0 Å². The Morgan fingerprint density at radius 2 is 2.20 bits per heavy atom. The van der Waals surface area contributed by atoms with Crippen LogP contribution in [0.3, 0.4) is 0 Å². The van der Waals surface area contributed by atoms with Gasteiger partial charge in [0, 0.05) is 31.1 Å². The highest BCUT2D eigenvalue weighted by Crippen LogP contribution is 2.24. The minimum absolute atomic E-state index is 0.0767. The lowest BCUT2D eigenvalue weighted by atomic mass is 10.1. The molecule has 0 aliphatic carbocycles. The van der Waals surface area contributed by atoms with E-state index in [0.29, 0.717) is 24.6 Å². The second kappa shape index (κ2) is 6.27. The highest BCUT2D eigenvalue weighted by atomic mass is 16.5. The van der Waals surface area contributed by atoms with Crippen molar-refractivity contribution in [2.45, 2.75) is 13.0 Å². The van der Waals surface area contributed by atoms with Crippen LogP contribution in [-0.4, -0.2) is 32.6 Å². The Balaban J connectivity index is 1.96. The fraction of sp³-hybridized carbons (Fsp3) is 0.429. The van der Waals surface area contributed by atoms with Gasteiger partial charge < -0.3 is 20.1 Å². The standard InChI is InChI=1S/C14H18N2O4/c1-19-11-4-3-9(12(6-11)20-2)7-16-14(18)10-5-13(17)15-8-10/h3-4,6,10H,5,7-8H2,1-2H3,(H,15,17)(H,16,18). The first-order valence-electron chi connectivity index (χ1n) is 6.39. The van der Waals surface area contributed by atoms with Gasteiger partial charge in [0.1, 0.15) is 11.5 Å². The molecule has 2 amide bonds. The van der Waals surface area contributed by atoms with E-state index >= 15 is 0 Å². The molecule has 1 aliphatic heterocycles. The molecule has 0 radical (unpaired) electrons. The van der Waals surface area contributed by atoms with Gasteiger partial charge in [0.15, 0.2) is 0 Å². The minimum Gasteiger partial charge on any atom is -0.497 e. The summed E-state index contributed by atoms with van der Waals surface area (Å²) in [5.74, 6) is 0.868. The molecule has 108 valence electrons. The normalized spacial score (nSPS) is 17.5. The first-order valence-corrected chi connectivity index (χ1v) is 6.39. The van der Waals surface area contributed by atoms with Crippen molar-refractivity contribution < 1.29 is 19.1 Å². The van der Waals surface area contributed by atoms with E-state index in [1.807, 2.05) is 12.1 Å². The molecule has 20 heavy (non-hydrogen) atoms. The third kappa shape index (κ3) is 3.20. The zero-order chi connectivity index (χ0) is 14.5. The largest absolute Gasteiger partial charge is 0.497 e. The number of carbonyl (C=O) groups is 2. The van der Waals surface area contributed by atoms with Gasteiger partial charge in [0.2, 0.25) is 11.8 Å². The lowest BCUT2D eigenvalue weighted by molar-refractivity contribution is -0.126. The molecule has 2 N–H and O–H groups in total. The van der Waals surface area contributed by atoms with Crippen molar-refractivity contribution in [3.8, 4) is 11.5 Å². The van der Waals surface area contributed by atoms with Gasteiger partial charge in [-0.2, -0.15) is 0 Å². The fourth-order valence-corrected chi connectivity index (χ4v) is 2.12. The van der Waals surface area contributed by atoms with E-state index in [0.717, 1.165) is 5.56 Å². The Labute approximate surface area is 117 Å². The number of hydrogen-bond donors (Lipinski definition) is 2. The van der Waals surface area contributed by atoms with Gasteiger partial charge in [-0.05, 0) is 12.1 Å². The number of ether oxygens (including phenoxy) is 2. The number of benzene rings is 1. The second-order valence-corrected chi connectivity index (χ2v) is 4.60. The van der Waals surface area contributed by atoms with E-state index in [2.05, 4.69) is 10.6 Å². The Hall–Kier alpha value is -2.24. The second-order valence-electron chi connectivity index (χ2n) is 4.60. The van der Waals surface area contributed by atoms with Crippen molar-refractivity contribution in [3.63, 3.8) is 0 Å². The molecule has 6 nitrogen and oxygen atoms in total. The predicted molar refractivity (Wildman–Crippen MR) is 72.5 cm³/mol. The van der Waals surface area contributed by atoms with Gasteiger partial charge in [-0.3, -0.25) is 9.59 Å². The monoisotopic (exact) mass is 278 g/mol. The van der Waals surface area contributed by atoms with Crippen LogP contribution < -0.4 is 20.1 Å². The molecular formula is C14H18N2O4. The van der Waals surface area contributed by atoms with E-state index in [4.69, 9.17) is 9.47 Å². The molecule has 0 aromatic heterocycles. The van der Waals surface area contributed by atoms with Gasteiger partial charge in [-0.25, -0.2) is 0 Å². The summed E-state index contributed by atoms with van der Waals surface area (Å²) in [7, 11) is 3.15. The van der Waals surface area contributed by atoms with Crippen LogP contribution >= 0.6 is 0 Å². The van der Waals surface area contributed by atoms with Crippen LogP contribution in [0.5, 0.6) is 11.5 Å². The molecule has 1 saturated heterocycles. The molecule has 1 aromatic carbocycles. The Morgan fingerprint density at radius 3 is 2.80 bits per heavy atom. The molecule has 0 saturated carbocycles. The molecule has 1 fully saturated rings. The minimum atomic E-state index is -0.285. The number of nitrogens with one attached hydrogen (secondary N) is 2. The van der Waals surface area contributed by atoms with Crippen LogP contribution in [0.1, 0.15) is 12.0 Å². The summed E-state index contributed by atoms with van der Waals surface area (Å²) in [6.07, 6.45) is 0.256. The number of methoxy groups -OCH3 is 2. The van der Waals surface area contributed by atoms with Gasteiger partial charge in [-0.1, -0.05) is 0 Å². The van der Waals surface area contributed by atoms with Gasteiger partial charge in [-0.15, -0.1) is 0 Å². The number of hydrogen-bond acceptors (Lipinski definition) is 4. The summed E-state index contributed by atoms with van der Waals surface area (Å²) < 4.78 is 10.4. The molecular weight excluding hydrogens is 260 g/mol. The van der Waals surface area contributed by atoms with Crippen LogP contribution in [0.2, 0.25) is 0 Å². The molecule has 2 rings (SSSR count). The van der Waals surface area contributed by atoms with Gasteiger partial charge in [0.25, 0.3) is 0 Å². The zero-order valence-electron chi connectivity index (χ0n) is 11.6. The SMILES string of the molecule is COc1ccc(CNC(=O)C2CNC(=O)C2)c(OC)c1. The van der Waals surface area contributed by atoms with Crippen LogP contribution in [0, 0.1) is 5.92 Å². The Morgan fingerprint density at radius 1 is 1.40 bits per heavy atom. The summed E-state index contributed by atoms with van der Waals surface area (Å²) >= 11 is 0. The van der Waals surface area contributed by atoms with Crippen LogP contribution in [0.15, 0.2) is 18.2 Å². The third-order valence-corrected chi connectivity index (χ3v) is 3.30. The number of amides is 2. The topological polar surface area (TPSA) is 76.7 Å². The fourth-order valence-electron chi connectivity index (χ4n) is 2.12. The lowest BCUT2D eigenvalue weighted by Crippen LogP contribution is -2.31. The number of rotatable bonds is 5. The highest BCUT2D eigenvalue weighted by molar-refractivity contribution is 5.89. The summed E-state index contributed by atoms with van der Waals surface area (Å²) in [6.45, 7) is 0.765. The van der Waals surface area contributed by atoms with Crippen molar-refractivity contribution >= 4 is 11.8 Å². The maximum Gasteiger partial charge on any atom is 0.225 e. The molecule has 0 spiro atoms. The Bertz CT molecular complexity index is 516. The van der Waals surface area contributed by atoms with Gasteiger partial charge >= 0.3 is 0 Å². The Kier molecular flexibility index (Phi) is 4.45. The quantitative estimate of drug-likeness (QED) is 0.820. The zero-order valence-corrected chi connectivity index (χ0v) is 11.6. The molecule has 1 heterocycles. The van der Waals surface area contributed by atoms with Crippen molar-refractivity contribution in [2.24, 2.45) is 5.92 Å². The van der Waals surface area contributed by atoms with Crippen LogP contribution in [0.4, 0.5) is 0 Å². The van der Waals surface area contributed by atoms with Crippen LogP contribution in [0.25, 0.3) is 0 Å². The van der Waals surface area contributed by atoms with Gasteiger partial charge in [0.05, 0.1) is 20.1 Å². The van der Waals surface area contributed by atoms with Crippen molar-refractivity contribution in [1.29, 1.82) is 0 Å². The molecule has 1 unspecified atom stereocenters. The molecule has 0 bridgehead atoms. The van der Waals surface area contributed by atoms with E-state index in [1.54, 1.807) is 20.3 Å². The molecule has 1 atom stereocenters. The average molecular weight is 278 g/mol. The molecule has 1 aliphatic rings. The molecule has 6 heteroatoms. The van der Waals surface area contributed by atoms with Crippen molar-refractivity contribution in [3.05, 3.63) is 23.8 Å². The maximum absolute atomic E-state index is 11.9. The van der Waals surface area contributed by atoms with Crippen molar-refractivity contribution in [2.75, 3.05) is 20.8 Å². The third-order valence-electron chi connectivity index (χ3n) is 3.30. The summed E-state index contributed by atoms with van der Waals surface area (Å²) in [5.41, 5.74) is 0.860. The summed E-state index contributed by atoms with van der Waals surface area (Å²) in [6, 6.07) is 5.42. The average Bonchev–Trinajstić information content (AvgIpc) is 2.91. The van der Waals surface area contributed by atoms with Crippen molar-refractivity contribution in [1.82, 2.24) is 10.6 Å². The maximum atomic E-state index is 11.9. The van der Waals surface area contributed by atoms with E-state index in [9.17, 15) is 9.59 Å². The summed E-state index contributed by atoms with van der Waals surface area (Å²) in [4.78, 5) is 23.0. The van der Waals surface area contributed by atoms with E-state index < -0.39 is 0 Å². The van der Waals surface area contributed by atoms with E-state index in [-0.39, 0.29) is 24.2 Å². The first-order chi connectivity index (χ1) is 9.63. The lowest BCUT2D eigenvalue weighted by Gasteiger charge is -2.13. The predicted octanol–water partition coefficient (Wildman–Crippen LogP) is 0.456. The summed E-state index contributed by atoms with van der Waals surface area (Å²) in [5, 5.41) is 5.47. The highest BCUT2D eigenvalue weighted by Gasteiger charge is 2.27. The first kappa shape index (κ1) is 14.2. The smallest absolute Gasteiger partial charge is 0.225 e. The number of carbonyl (C=O) groups excluding carboxylic acids is 2.